The van der Waals surface area contributed by atoms with Gasteiger partial charge in [0.15, 0.2) is 0 Å². The average molecular weight is 198 g/mol. The molecule has 0 aromatic heterocycles. The van der Waals surface area contributed by atoms with Crippen molar-refractivity contribution >= 4 is 0 Å². The summed E-state index contributed by atoms with van der Waals surface area (Å²) in [6, 6.07) is 0. The number of rotatable bonds is 2. The lowest BCUT2D eigenvalue weighted by Crippen LogP contribution is -2.81. The molecule has 4 N–H and O–H groups in total. The third-order valence-electron chi connectivity index (χ3n) is 3.79. The van der Waals surface area contributed by atoms with Gasteiger partial charge < -0.3 is 16.0 Å². The third kappa shape index (κ3) is 2.69. The van der Waals surface area contributed by atoms with Gasteiger partial charge in [-0.1, -0.05) is 0 Å². The largest absolute Gasteiger partial charge is 0.346 e. The lowest BCUT2D eigenvalue weighted by molar-refractivity contribution is -0.638. The summed E-state index contributed by atoms with van der Waals surface area (Å²) in [5.74, 6) is 0.942. The summed E-state index contributed by atoms with van der Waals surface area (Å²) in [6.07, 6.45) is 3.75. The first-order valence-corrected chi connectivity index (χ1v) is 5.99. The molecule has 1 atom stereocenters. The van der Waals surface area contributed by atoms with Crippen LogP contribution in [0.1, 0.15) is 26.2 Å². The zero-order chi connectivity index (χ0) is 10.0. The van der Waals surface area contributed by atoms with Gasteiger partial charge in [0, 0.05) is 24.4 Å². The standard InChI is InChI=1S/C11H23N3/c1-11(12)3-6-14(7-4-11)9-10-2-5-13-8-10/h10,13H,2-9,12H2,1H3/p+1/t10-/m1/s1. The Morgan fingerprint density at radius 3 is 2.71 bits per heavy atom. The first-order chi connectivity index (χ1) is 6.66. The van der Waals surface area contributed by atoms with Crippen molar-refractivity contribution in [2.75, 3.05) is 32.7 Å². The van der Waals surface area contributed by atoms with Gasteiger partial charge in [-0.05, 0) is 32.9 Å². The molecule has 0 saturated carbocycles. The second-order valence-electron chi connectivity index (χ2n) is 5.42. The number of quaternary nitrogens is 1. The highest BCUT2D eigenvalue weighted by atomic mass is 15.1. The van der Waals surface area contributed by atoms with Crippen LogP contribution in [-0.4, -0.2) is 43.2 Å². The molecular weight excluding hydrogens is 174 g/mol. The summed E-state index contributed by atoms with van der Waals surface area (Å²) in [5.41, 5.74) is 6.22. The molecule has 0 spiro atoms. The molecule has 0 amide bonds. The Morgan fingerprint density at radius 1 is 1.43 bits per heavy atom. The minimum absolute atomic E-state index is 0.109. The fraction of sp³-hybridized carbons (Fsp3) is 1.00. The van der Waals surface area contributed by atoms with E-state index in [1.165, 1.54) is 52.0 Å². The van der Waals surface area contributed by atoms with Crippen LogP contribution in [0.5, 0.6) is 0 Å². The molecule has 0 unspecified atom stereocenters. The summed E-state index contributed by atoms with van der Waals surface area (Å²) >= 11 is 0. The first-order valence-electron chi connectivity index (χ1n) is 5.99. The van der Waals surface area contributed by atoms with Crippen LogP contribution in [0.3, 0.4) is 0 Å². The topological polar surface area (TPSA) is 45.9 Å². The molecule has 82 valence electrons. The highest BCUT2D eigenvalue weighted by Gasteiger charge is 2.28. The van der Waals surface area contributed by atoms with E-state index in [0.29, 0.717) is 0 Å². The molecule has 0 radical (unpaired) electrons. The van der Waals surface area contributed by atoms with Crippen LogP contribution in [-0.2, 0) is 0 Å². The molecule has 3 nitrogen and oxygen atoms in total. The summed E-state index contributed by atoms with van der Waals surface area (Å²) in [5, 5.41) is 2.45. The first kappa shape index (κ1) is 10.4. The van der Waals surface area contributed by atoms with Gasteiger partial charge in [0.1, 0.15) is 0 Å². The van der Waals surface area contributed by atoms with Crippen LogP contribution in [0.15, 0.2) is 0 Å². The predicted octanol–water partition coefficient (Wildman–Crippen LogP) is -0.617. The van der Waals surface area contributed by atoms with Crippen molar-refractivity contribution in [1.82, 2.24) is 4.90 Å². The van der Waals surface area contributed by atoms with E-state index in [2.05, 4.69) is 17.1 Å². The van der Waals surface area contributed by atoms with E-state index in [4.69, 9.17) is 5.73 Å². The quantitative estimate of drug-likeness (QED) is 0.621. The maximum atomic E-state index is 6.12. The molecular formula is C11H24N3+. The monoisotopic (exact) mass is 198 g/mol. The van der Waals surface area contributed by atoms with Crippen molar-refractivity contribution in [1.29, 1.82) is 0 Å². The number of likely N-dealkylation sites (tertiary alicyclic amines) is 1. The van der Waals surface area contributed by atoms with Crippen LogP contribution in [0, 0.1) is 5.92 Å². The molecule has 14 heavy (non-hydrogen) atoms. The fourth-order valence-electron chi connectivity index (χ4n) is 2.60. The summed E-state index contributed by atoms with van der Waals surface area (Å²) in [7, 11) is 0. The van der Waals surface area contributed by atoms with Gasteiger partial charge in [-0.3, -0.25) is 0 Å². The smallest absolute Gasteiger partial charge is 0.0798 e. The van der Waals surface area contributed by atoms with Gasteiger partial charge in [-0.15, -0.1) is 0 Å². The molecule has 2 fully saturated rings. The van der Waals surface area contributed by atoms with E-state index in [0.717, 1.165) is 5.92 Å². The van der Waals surface area contributed by atoms with Gasteiger partial charge in [-0.2, -0.15) is 0 Å². The Kier molecular flexibility index (Phi) is 3.10. The Balaban J connectivity index is 1.72. The fourth-order valence-corrected chi connectivity index (χ4v) is 2.60. The Labute approximate surface area is 87.0 Å². The highest BCUT2D eigenvalue weighted by molar-refractivity contribution is 4.86. The molecule has 2 aliphatic rings. The minimum atomic E-state index is 0.109. The van der Waals surface area contributed by atoms with E-state index in [9.17, 15) is 0 Å². The van der Waals surface area contributed by atoms with Gasteiger partial charge in [0.2, 0.25) is 0 Å². The van der Waals surface area contributed by atoms with Crippen LogP contribution in [0.2, 0.25) is 0 Å². The molecule has 0 aliphatic carbocycles. The van der Waals surface area contributed by atoms with E-state index in [-0.39, 0.29) is 5.54 Å². The van der Waals surface area contributed by atoms with Crippen molar-refractivity contribution < 1.29 is 5.32 Å². The van der Waals surface area contributed by atoms with Crippen LogP contribution >= 0.6 is 0 Å². The Morgan fingerprint density at radius 2 is 2.14 bits per heavy atom. The van der Waals surface area contributed by atoms with E-state index in [1.54, 1.807) is 0 Å². The summed E-state index contributed by atoms with van der Waals surface area (Å²) < 4.78 is 0. The number of piperidine rings is 1. The van der Waals surface area contributed by atoms with Crippen molar-refractivity contribution in [2.45, 2.75) is 31.7 Å². The summed E-state index contributed by atoms with van der Waals surface area (Å²) in [4.78, 5) is 2.61. The molecule has 0 aromatic carbocycles. The van der Waals surface area contributed by atoms with Crippen molar-refractivity contribution in [3.8, 4) is 0 Å². The Bertz CT molecular complexity index is 175. The average Bonchev–Trinajstić information content (AvgIpc) is 2.61. The second-order valence-corrected chi connectivity index (χ2v) is 5.42. The number of nitrogens with zero attached hydrogens (tertiary/aromatic N) is 1. The van der Waals surface area contributed by atoms with E-state index >= 15 is 0 Å². The lowest BCUT2D eigenvalue weighted by Gasteiger charge is -2.37. The maximum absolute atomic E-state index is 6.12. The number of nitrogens with two attached hydrogens (primary N) is 2. The molecule has 0 aromatic rings. The predicted molar refractivity (Wildman–Crippen MR) is 58.0 cm³/mol. The van der Waals surface area contributed by atoms with Crippen LogP contribution in [0.4, 0.5) is 0 Å². The van der Waals surface area contributed by atoms with Crippen molar-refractivity contribution in [3.05, 3.63) is 0 Å². The number of hydrogen-bond acceptors (Lipinski definition) is 2. The van der Waals surface area contributed by atoms with E-state index < -0.39 is 0 Å². The van der Waals surface area contributed by atoms with Gasteiger partial charge in [0.25, 0.3) is 0 Å². The third-order valence-corrected chi connectivity index (χ3v) is 3.79. The SMILES string of the molecule is CC1(N)CCN(C[C@@H]2CC[NH2+]C2)CC1. The molecule has 0 bridgehead atoms. The van der Waals surface area contributed by atoms with E-state index in [1.807, 2.05) is 0 Å². The molecule has 2 saturated heterocycles. The normalized spacial score (nSPS) is 33.4. The van der Waals surface area contributed by atoms with Gasteiger partial charge in [0.05, 0.1) is 13.1 Å². The maximum Gasteiger partial charge on any atom is 0.0798 e. The molecule has 2 heterocycles. The van der Waals surface area contributed by atoms with Crippen molar-refractivity contribution in [3.63, 3.8) is 0 Å². The zero-order valence-corrected chi connectivity index (χ0v) is 9.34. The second kappa shape index (κ2) is 4.17. The lowest BCUT2D eigenvalue weighted by atomic mass is 9.90. The minimum Gasteiger partial charge on any atom is -0.346 e. The van der Waals surface area contributed by atoms with Crippen LogP contribution < -0.4 is 11.1 Å². The van der Waals surface area contributed by atoms with Crippen LogP contribution in [0.25, 0.3) is 0 Å². The van der Waals surface area contributed by atoms with Gasteiger partial charge in [-0.25, -0.2) is 0 Å². The highest BCUT2D eigenvalue weighted by Crippen LogP contribution is 2.19. The molecule has 3 heteroatoms. The Hall–Kier alpha value is -0.120. The van der Waals surface area contributed by atoms with Gasteiger partial charge >= 0.3 is 0 Å². The van der Waals surface area contributed by atoms with Crippen molar-refractivity contribution in [2.24, 2.45) is 11.7 Å². The molecule has 2 rings (SSSR count). The molecule has 2 aliphatic heterocycles. The summed E-state index contributed by atoms with van der Waals surface area (Å²) in [6.45, 7) is 8.61. The number of hydrogen-bond donors (Lipinski definition) is 2. The zero-order valence-electron chi connectivity index (χ0n) is 9.34.